The zero-order chi connectivity index (χ0) is 19.9. The standard InChI is InChI=1S/C22H22FNO4/c1-14-6-5-9-16(17(14)23)21-11-22(12-21,13-21)18(19(25)26)24-20(27)28-10-15-7-3-2-4-8-15/h2-9,18H,10-13H2,1H3,(H,24,27)(H,25,26). The van der Waals surface area contributed by atoms with Crippen LogP contribution in [0.1, 0.15) is 36.0 Å². The van der Waals surface area contributed by atoms with Crippen LogP contribution < -0.4 is 5.32 Å². The molecule has 3 fully saturated rings. The van der Waals surface area contributed by atoms with Crippen LogP contribution in [-0.4, -0.2) is 23.2 Å². The van der Waals surface area contributed by atoms with Crippen LogP contribution in [0.5, 0.6) is 0 Å². The molecule has 2 bridgehead atoms. The summed E-state index contributed by atoms with van der Waals surface area (Å²) in [5.74, 6) is -1.30. The van der Waals surface area contributed by atoms with Crippen LogP contribution in [0, 0.1) is 18.2 Å². The highest BCUT2D eigenvalue weighted by Gasteiger charge is 2.73. The van der Waals surface area contributed by atoms with Gasteiger partial charge >= 0.3 is 12.1 Å². The highest BCUT2D eigenvalue weighted by Crippen LogP contribution is 2.75. The molecule has 1 amide bonds. The predicted molar refractivity (Wildman–Crippen MR) is 100 cm³/mol. The van der Waals surface area contributed by atoms with E-state index in [2.05, 4.69) is 5.32 Å². The van der Waals surface area contributed by atoms with E-state index >= 15 is 0 Å². The molecule has 2 aromatic rings. The highest BCUT2D eigenvalue weighted by molar-refractivity contribution is 5.82. The molecule has 0 spiro atoms. The van der Waals surface area contributed by atoms with Gasteiger partial charge in [-0.2, -0.15) is 0 Å². The fraction of sp³-hybridized carbons (Fsp3) is 0.364. The summed E-state index contributed by atoms with van der Waals surface area (Å²) < 4.78 is 19.7. The Labute approximate surface area is 162 Å². The van der Waals surface area contributed by atoms with Crippen molar-refractivity contribution in [3.63, 3.8) is 0 Å². The molecule has 0 saturated heterocycles. The highest BCUT2D eigenvalue weighted by atomic mass is 19.1. The summed E-state index contributed by atoms with van der Waals surface area (Å²) >= 11 is 0. The molecule has 1 unspecified atom stereocenters. The molecule has 3 aliphatic carbocycles. The number of aliphatic carboxylic acids is 1. The minimum atomic E-state index is -1.09. The number of carbonyl (C=O) groups is 2. The molecular formula is C22H22FNO4. The first-order chi connectivity index (χ1) is 13.4. The molecule has 5 nitrogen and oxygen atoms in total. The Kier molecular flexibility index (Phi) is 4.37. The fourth-order valence-electron chi connectivity index (χ4n) is 4.87. The van der Waals surface area contributed by atoms with E-state index in [0.29, 0.717) is 30.4 Å². The maximum atomic E-state index is 14.5. The van der Waals surface area contributed by atoms with Gasteiger partial charge in [-0.3, -0.25) is 0 Å². The maximum absolute atomic E-state index is 14.5. The van der Waals surface area contributed by atoms with Crippen LogP contribution >= 0.6 is 0 Å². The molecule has 2 aromatic carbocycles. The molecular weight excluding hydrogens is 361 g/mol. The van der Waals surface area contributed by atoms with E-state index in [1.165, 1.54) is 0 Å². The Morgan fingerprint density at radius 1 is 1.14 bits per heavy atom. The first-order valence-electron chi connectivity index (χ1n) is 9.31. The molecule has 1 atom stereocenters. The molecule has 0 radical (unpaired) electrons. The van der Waals surface area contributed by atoms with Crippen molar-refractivity contribution < 1.29 is 23.8 Å². The number of aryl methyl sites for hydroxylation is 1. The van der Waals surface area contributed by atoms with Crippen LogP contribution in [0.2, 0.25) is 0 Å². The van der Waals surface area contributed by atoms with E-state index in [0.717, 1.165) is 5.56 Å². The second-order valence-corrected chi connectivity index (χ2v) is 8.09. The number of benzene rings is 2. The van der Waals surface area contributed by atoms with Gasteiger partial charge in [0.2, 0.25) is 0 Å². The number of hydrogen-bond donors (Lipinski definition) is 2. The topological polar surface area (TPSA) is 75.6 Å². The lowest BCUT2D eigenvalue weighted by atomic mass is 9.31. The zero-order valence-corrected chi connectivity index (χ0v) is 15.6. The average Bonchev–Trinajstić information content (AvgIpc) is 2.61. The summed E-state index contributed by atoms with van der Waals surface area (Å²) in [6, 6.07) is 13.5. The van der Waals surface area contributed by atoms with Gasteiger partial charge in [0.15, 0.2) is 0 Å². The molecule has 5 rings (SSSR count). The van der Waals surface area contributed by atoms with Crippen molar-refractivity contribution in [3.05, 3.63) is 71.0 Å². The van der Waals surface area contributed by atoms with Crippen LogP contribution in [-0.2, 0) is 21.6 Å². The Morgan fingerprint density at radius 2 is 1.82 bits per heavy atom. The molecule has 0 heterocycles. The molecule has 28 heavy (non-hydrogen) atoms. The van der Waals surface area contributed by atoms with Gasteiger partial charge in [-0.15, -0.1) is 0 Å². The van der Waals surface area contributed by atoms with Gasteiger partial charge in [0, 0.05) is 10.8 Å². The van der Waals surface area contributed by atoms with E-state index < -0.39 is 23.5 Å². The number of rotatable bonds is 6. The van der Waals surface area contributed by atoms with Crippen LogP contribution in [0.3, 0.4) is 0 Å². The summed E-state index contributed by atoms with van der Waals surface area (Å²) in [4.78, 5) is 23.9. The Morgan fingerprint density at radius 3 is 2.46 bits per heavy atom. The van der Waals surface area contributed by atoms with Crippen molar-refractivity contribution in [2.24, 2.45) is 5.41 Å². The molecule has 2 N–H and O–H groups in total. The number of hydrogen-bond acceptors (Lipinski definition) is 3. The summed E-state index contributed by atoms with van der Waals surface area (Å²) in [7, 11) is 0. The Hall–Kier alpha value is -2.89. The minimum Gasteiger partial charge on any atom is -0.480 e. The normalized spacial score (nSPS) is 25.8. The molecule has 0 aromatic heterocycles. The Balaban J connectivity index is 1.40. The van der Waals surface area contributed by atoms with Crippen molar-refractivity contribution in [1.29, 1.82) is 0 Å². The molecule has 146 valence electrons. The maximum Gasteiger partial charge on any atom is 0.408 e. The quantitative estimate of drug-likeness (QED) is 0.792. The van der Waals surface area contributed by atoms with Crippen molar-refractivity contribution in [2.75, 3.05) is 0 Å². The number of ether oxygens (including phenoxy) is 1. The second-order valence-electron chi connectivity index (χ2n) is 8.09. The molecule has 6 heteroatoms. The summed E-state index contributed by atoms with van der Waals surface area (Å²) in [5, 5.41) is 12.1. The second kappa shape index (κ2) is 6.62. The SMILES string of the molecule is Cc1cccc(C23CC(C(NC(=O)OCc4ccccc4)C(=O)O)(C2)C3)c1F. The fourth-order valence-corrected chi connectivity index (χ4v) is 4.87. The van der Waals surface area contributed by atoms with E-state index in [4.69, 9.17) is 4.74 Å². The van der Waals surface area contributed by atoms with Gasteiger partial charge in [0.05, 0.1) is 0 Å². The number of amides is 1. The lowest BCUT2D eigenvalue weighted by Crippen LogP contribution is -2.73. The zero-order valence-electron chi connectivity index (χ0n) is 15.6. The summed E-state index contributed by atoms with van der Waals surface area (Å²) in [6.07, 6.45) is 0.903. The van der Waals surface area contributed by atoms with Crippen LogP contribution in [0.25, 0.3) is 0 Å². The van der Waals surface area contributed by atoms with Crippen LogP contribution in [0.4, 0.5) is 9.18 Å². The lowest BCUT2D eigenvalue weighted by Gasteiger charge is -2.72. The van der Waals surface area contributed by atoms with Crippen molar-refractivity contribution >= 4 is 12.1 Å². The minimum absolute atomic E-state index is 0.0739. The molecule has 3 aliphatic rings. The monoisotopic (exact) mass is 383 g/mol. The van der Waals surface area contributed by atoms with E-state index in [1.807, 2.05) is 36.4 Å². The predicted octanol–water partition coefficient (Wildman–Crippen LogP) is 3.94. The lowest BCUT2D eigenvalue weighted by molar-refractivity contribution is -0.183. The number of halogens is 1. The number of alkyl carbamates (subject to hydrolysis) is 1. The van der Waals surface area contributed by atoms with Gasteiger partial charge in [-0.05, 0) is 42.9 Å². The van der Waals surface area contributed by atoms with E-state index in [-0.39, 0.29) is 17.8 Å². The summed E-state index contributed by atoms with van der Waals surface area (Å²) in [6.45, 7) is 1.80. The third kappa shape index (κ3) is 2.93. The van der Waals surface area contributed by atoms with Crippen molar-refractivity contribution in [3.8, 4) is 0 Å². The van der Waals surface area contributed by atoms with Crippen LogP contribution in [0.15, 0.2) is 48.5 Å². The largest absolute Gasteiger partial charge is 0.480 e. The van der Waals surface area contributed by atoms with Gasteiger partial charge < -0.3 is 15.2 Å². The van der Waals surface area contributed by atoms with Gasteiger partial charge in [0.25, 0.3) is 0 Å². The van der Waals surface area contributed by atoms with E-state index in [9.17, 15) is 19.1 Å². The molecule has 0 aliphatic heterocycles. The first kappa shape index (κ1) is 18.5. The third-order valence-corrected chi connectivity index (χ3v) is 6.17. The number of nitrogens with one attached hydrogen (secondary N) is 1. The number of carboxylic acids is 1. The smallest absolute Gasteiger partial charge is 0.408 e. The van der Waals surface area contributed by atoms with Gasteiger partial charge in [-0.25, -0.2) is 14.0 Å². The van der Waals surface area contributed by atoms with Crippen molar-refractivity contribution in [1.82, 2.24) is 5.32 Å². The Bertz CT molecular complexity index is 908. The van der Waals surface area contributed by atoms with Crippen molar-refractivity contribution in [2.45, 2.75) is 44.2 Å². The van der Waals surface area contributed by atoms with Gasteiger partial charge in [0.1, 0.15) is 18.5 Å². The van der Waals surface area contributed by atoms with Gasteiger partial charge in [-0.1, -0.05) is 48.5 Å². The number of carbonyl (C=O) groups excluding carboxylic acids is 1. The number of carboxylic acid groups (broad SMARTS) is 1. The van der Waals surface area contributed by atoms with E-state index in [1.54, 1.807) is 19.1 Å². The average molecular weight is 383 g/mol. The first-order valence-corrected chi connectivity index (χ1v) is 9.31. The molecule has 3 saturated carbocycles. The third-order valence-electron chi connectivity index (χ3n) is 6.17. The summed E-state index contributed by atoms with van der Waals surface area (Å²) in [5.41, 5.74) is 1.23.